The minimum Gasteiger partial charge on any atom is -0.479 e. The molecule has 1 aliphatic rings. The van der Waals surface area contributed by atoms with Crippen molar-refractivity contribution in [1.29, 1.82) is 0 Å². The predicted octanol–water partition coefficient (Wildman–Crippen LogP) is 2.34. The molecule has 0 saturated heterocycles. The van der Waals surface area contributed by atoms with Gasteiger partial charge in [0.2, 0.25) is 0 Å². The fraction of sp³-hybridized carbons (Fsp3) is 0.217. The molecule has 10 nitrogen and oxygen atoms in total. The number of aliphatic carboxylic acids is 1. The van der Waals surface area contributed by atoms with Crippen LogP contribution in [0.2, 0.25) is 0 Å². The topological polar surface area (TPSA) is 154 Å². The van der Waals surface area contributed by atoms with Crippen molar-refractivity contribution in [3.63, 3.8) is 0 Å². The van der Waals surface area contributed by atoms with Crippen molar-refractivity contribution in [3.8, 4) is 11.1 Å². The number of aliphatic hydroxyl groups is 1. The summed E-state index contributed by atoms with van der Waals surface area (Å²) in [5.74, 6) is -1.89. The minimum absolute atomic E-state index is 0.0412. The molecule has 1 aliphatic carbocycles. The third-order valence-corrected chi connectivity index (χ3v) is 5.38. The molecular formula is C23H22N4O6. The second-order valence-electron chi connectivity index (χ2n) is 7.52. The van der Waals surface area contributed by atoms with Crippen molar-refractivity contribution >= 4 is 23.8 Å². The zero-order valence-electron chi connectivity index (χ0n) is 17.4. The van der Waals surface area contributed by atoms with Crippen LogP contribution in [0.1, 0.15) is 34.0 Å². The van der Waals surface area contributed by atoms with E-state index in [2.05, 4.69) is 20.8 Å². The van der Waals surface area contributed by atoms with Crippen LogP contribution in [0.15, 0.2) is 54.6 Å². The van der Waals surface area contributed by atoms with Gasteiger partial charge in [0.05, 0.1) is 0 Å². The van der Waals surface area contributed by atoms with E-state index in [0.29, 0.717) is 0 Å². The summed E-state index contributed by atoms with van der Waals surface area (Å²) in [5, 5.41) is 29.1. The summed E-state index contributed by atoms with van der Waals surface area (Å²) in [4.78, 5) is 35.0. The number of nitrogens with zero attached hydrogens (tertiary/aromatic N) is 1. The maximum atomic E-state index is 12.3. The number of carboxylic acid groups (broad SMARTS) is 1. The first-order valence-electron chi connectivity index (χ1n) is 10.3. The first kappa shape index (κ1) is 22.0. The molecule has 10 heteroatoms. The number of aromatic nitrogens is 2. The van der Waals surface area contributed by atoms with Crippen molar-refractivity contribution in [2.24, 2.45) is 0 Å². The lowest BCUT2D eigenvalue weighted by atomic mass is 9.98. The smallest absolute Gasteiger partial charge is 0.412 e. The van der Waals surface area contributed by atoms with Crippen molar-refractivity contribution in [3.05, 3.63) is 71.4 Å². The van der Waals surface area contributed by atoms with Crippen LogP contribution in [-0.2, 0) is 9.53 Å². The van der Waals surface area contributed by atoms with E-state index < -0.39 is 24.1 Å². The number of hydrogen-bond acceptors (Lipinski definition) is 6. The van der Waals surface area contributed by atoms with Gasteiger partial charge in [-0.2, -0.15) is 5.10 Å². The van der Waals surface area contributed by atoms with Crippen LogP contribution in [0.4, 0.5) is 10.6 Å². The molecule has 1 unspecified atom stereocenters. The Kier molecular flexibility index (Phi) is 6.36. The van der Waals surface area contributed by atoms with Gasteiger partial charge in [-0.15, -0.1) is 0 Å². The largest absolute Gasteiger partial charge is 0.479 e. The van der Waals surface area contributed by atoms with Crippen molar-refractivity contribution in [1.82, 2.24) is 15.5 Å². The molecule has 4 rings (SSSR count). The number of carbonyl (C=O) groups excluding carboxylic acids is 2. The number of aliphatic hydroxyl groups excluding tert-OH is 1. The van der Waals surface area contributed by atoms with Gasteiger partial charge in [-0.1, -0.05) is 48.5 Å². The van der Waals surface area contributed by atoms with Crippen LogP contribution in [0, 0.1) is 0 Å². The highest BCUT2D eigenvalue weighted by molar-refractivity contribution is 5.94. The summed E-state index contributed by atoms with van der Waals surface area (Å²) in [6.07, 6.45) is -2.40. The quantitative estimate of drug-likeness (QED) is 0.353. The summed E-state index contributed by atoms with van der Waals surface area (Å²) in [6.45, 7) is 0.101. The fourth-order valence-corrected chi connectivity index (χ4v) is 3.78. The zero-order chi connectivity index (χ0) is 23.4. The third kappa shape index (κ3) is 4.85. The Morgan fingerprint density at radius 2 is 1.70 bits per heavy atom. The fourth-order valence-electron chi connectivity index (χ4n) is 3.78. The van der Waals surface area contributed by atoms with Gasteiger partial charge in [-0.05, 0) is 22.3 Å². The molecule has 0 bridgehead atoms. The molecule has 0 saturated carbocycles. The van der Waals surface area contributed by atoms with Gasteiger partial charge < -0.3 is 20.3 Å². The van der Waals surface area contributed by atoms with Crippen molar-refractivity contribution in [2.45, 2.75) is 18.4 Å². The van der Waals surface area contributed by atoms with Gasteiger partial charge in [0.25, 0.3) is 5.91 Å². The second-order valence-corrected chi connectivity index (χ2v) is 7.52. The summed E-state index contributed by atoms with van der Waals surface area (Å²) in [5.41, 5.74) is 4.51. The Bertz CT molecular complexity index is 1150. The first-order chi connectivity index (χ1) is 15.9. The summed E-state index contributed by atoms with van der Waals surface area (Å²) >= 11 is 0. The molecule has 0 aliphatic heterocycles. The van der Waals surface area contributed by atoms with Crippen LogP contribution in [0.3, 0.4) is 0 Å². The maximum Gasteiger partial charge on any atom is 0.412 e. The normalized spacial score (nSPS) is 13.0. The Hall–Kier alpha value is -4.18. The number of rotatable bonds is 8. The molecule has 5 N–H and O–H groups in total. The number of fused-ring (bicyclic) bond motifs is 3. The van der Waals surface area contributed by atoms with Crippen molar-refractivity contribution in [2.75, 3.05) is 18.5 Å². The average Bonchev–Trinajstić information content (AvgIpc) is 3.40. The Labute approximate surface area is 188 Å². The maximum absolute atomic E-state index is 12.3. The molecule has 1 aromatic heterocycles. The van der Waals surface area contributed by atoms with Gasteiger partial charge in [0.15, 0.2) is 11.9 Å². The first-order valence-corrected chi connectivity index (χ1v) is 10.3. The lowest BCUT2D eigenvalue weighted by Crippen LogP contribution is -2.30. The standard InChI is InChI=1S/C23H22N4O6/c28-19(22(30)31)9-10-24-21(29)18-11-20(27-26-18)25-23(32)33-12-17-15-7-3-1-5-13(15)14-6-2-4-8-16(14)17/h1-8,11,17,19,28H,9-10,12H2,(H,24,29)(H,30,31)(H2,25,26,27,32). The monoisotopic (exact) mass is 450 g/mol. The number of carboxylic acids is 1. The van der Waals surface area contributed by atoms with E-state index in [1.54, 1.807) is 0 Å². The highest BCUT2D eigenvalue weighted by atomic mass is 16.5. The average molecular weight is 450 g/mol. The number of hydrogen-bond donors (Lipinski definition) is 5. The number of nitrogens with one attached hydrogen (secondary N) is 3. The molecule has 0 spiro atoms. The number of benzene rings is 2. The third-order valence-electron chi connectivity index (χ3n) is 5.38. The molecule has 0 fully saturated rings. The van der Waals surface area contributed by atoms with Gasteiger partial charge in [-0.25, -0.2) is 9.59 Å². The Morgan fingerprint density at radius 3 is 2.33 bits per heavy atom. The second kappa shape index (κ2) is 9.53. The SMILES string of the molecule is O=C(Nc1cc(C(=O)NCCC(O)C(=O)O)[nH]n1)OCC1c2ccccc2-c2ccccc21. The molecule has 1 atom stereocenters. The highest BCUT2D eigenvalue weighted by Crippen LogP contribution is 2.44. The van der Waals surface area contributed by atoms with Crippen LogP contribution in [0.5, 0.6) is 0 Å². The van der Waals surface area contributed by atoms with E-state index >= 15 is 0 Å². The number of carbonyl (C=O) groups is 3. The van der Waals surface area contributed by atoms with E-state index in [4.69, 9.17) is 9.84 Å². The summed E-state index contributed by atoms with van der Waals surface area (Å²) < 4.78 is 5.44. The number of H-pyrrole nitrogens is 1. The Morgan fingerprint density at radius 1 is 1.06 bits per heavy atom. The number of ether oxygens (including phenoxy) is 1. The molecule has 0 radical (unpaired) electrons. The predicted molar refractivity (Wildman–Crippen MR) is 118 cm³/mol. The zero-order valence-corrected chi connectivity index (χ0v) is 17.4. The molecule has 3 aromatic rings. The van der Waals surface area contributed by atoms with Gasteiger partial charge in [0.1, 0.15) is 12.3 Å². The number of anilines is 1. The number of amides is 2. The van der Waals surface area contributed by atoms with E-state index in [0.717, 1.165) is 22.3 Å². The highest BCUT2D eigenvalue weighted by Gasteiger charge is 2.29. The van der Waals surface area contributed by atoms with Crippen LogP contribution >= 0.6 is 0 Å². The minimum atomic E-state index is -1.56. The molecule has 2 amide bonds. The molecule has 1 heterocycles. The van der Waals surface area contributed by atoms with Crippen LogP contribution in [0.25, 0.3) is 11.1 Å². The molecule has 170 valence electrons. The number of aromatic amines is 1. The van der Waals surface area contributed by atoms with Crippen molar-refractivity contribution < 1.29 is 29.3 Å². The Balaban J connectivity index is 1.31. The van der Waals surface area contributed by atoms with Crippen LogP contribution < -0.4 is 10.6 Å². The van der Waals surface area contributed by atoms with E-state index in [9.17, 15) is 19.5 Å². The van der Waals surface area contributed by atoms with Gasteiger partial charge in [-0.3, -0.25) is 15.2 Å². The van der Waals surface area contributed by atoms with Gasteiger partial charge in [0, 0.05) is 24.9 Å². The molecule has 2 aromatic carbocycles. The molecule has 33 heavy (non-hydrogen) atoms. The summed E-state index contributed by atoms with van der Waals surface area (Å²) in [7, 11) is 0. The van der Waals surface area contributed by atoms with E-state index in [-0.39, 0.29) is 37.0 Å². The van der Waals surface area contributed by atoms with Crippen LogP contribution in [-0.4, -0.2) is 57.6 Å². The van der Waals surface area contributed by atoms with E-state index in [1.807, 2.05) is 48.5 Å². The lowest BCUT2D eigenvalue weighted by Gasteiger charge is -2.14. The van der Waals surface area contributed by atoms with E-state index in [1.165, 1.54) is 6.07 Å². The molecular weight excluding hydrogens is 428 g/mol. The lowest BCUT2D eigenvalue weighted by molar-refractivity contribution is -0.146. The summed E-state index contributed by atoms with van der Waals surface area (Å²) in [6, 6.07) is 17.3. The van der Waals surface area contributed by atoms with Gasteiger partial charge >= 0.3 is 12.1 Å².